The summed E-state index contributed by atoms with van der Waals surface area (Å²) in [5, 5.41) is 2.88. The zero-order chi connectivity index (χ0) is 9.97. The Morgan fingerprint density at radius 1 is 1.36 bits per heavy atom. The van der Waals surface area contributed by atoms with Crippen molar-refractivity contribution >= 4 is 27.3 Å². The molecule has 0 atom stereocenters. The molecule has 1 heterocycles. The highest BCUT2D eigenvalue weighted by Gasteiger charge is 2.10. The molecular formula is C10H10N2OS. The normalized spacial score (nSPS) is 10.4. The van der Waals surface area contributed by atoms with Gasteiger partial charge < -0.3 is 0 Å². The smallest absolute Gasteiger partial charge is 0.266 e. The highest BCUT2D eigenvalue weighted by atomic mass is 32.1. The summed E-state index contributed by atoms with van der Waals surface area (Å²) in [6.45, 7) is 0. The van der Waals surface area contributed by atoms with Crippen molar-refractivity contribution in [2.24, 2.45) is 0 Å². The summed E-state index contributed by atoms with van der Waals surface area (Å²) >= 11 is 1.58. The summed E-state index contributed by atoms with van der Waals surface area (Å²) in [7, 11) is 1.67. The lowest BCUT2D eigenvalue weighted by Crippen LogP contribution is -2.33. The minimum atomic E-state index is -0.0926. The van der Waals surface area contributed by atoms with Crippen LogP contribution in [0.3, 0.4) is 0 Å². The average molecular weight is 206 g/mol. The zero-order valence-corrected chi connectivity index (χ0v) is 8.52. The second-order valence-corrected chi connectivity index (χ2v) is 3.76. The highest BCUT2D eigenvalue weighted by molar-refractivity contribution is 7.17. The molecule has 0 saturated heterocycles. The number of carbonyl (C=O) groups excluding carboxylic acids is 1. The molecule has 0 spiro atoms. The number of carbonyl (C=O) groups is 1. The molecule has 0 fully saturated rings. The van der Waals surface area contributed by atoms with Crippen LogP contribution < -0.4 is 10.9 Å². The third-order valence-electron chi connectivity index (χ3n) is 1.96. The van der Waals surface area contributed by atoms with E-state index in [1.807, 2.05) is 29.6 Å². The summed E-state index contributed by atoms with van der Waals surface area (Å²) in [6, 6.07) is 7.87. The van der Waals surface area contributed by atoms with Gasteiger partial charge in [0.2, 0.25) is 0 Å². The molecule has 3 nitrogen and oxygen atoms in total. The maximum absolute atomic E-state index is 11.6. The first kappa shape index (κ1) is 9.18. The molecular weight excluding hydrogens is 196 g/mol. The van der Waals surface area contributed by atoms with E-state index >= 15 is 0 Å². The van der Waals surface area contributed by atoms with Gasteiger partial charge in [0.15, 0.2) is 0 Å². The van der Waals surface area contributed by atoms with Crippen LogP contribution in [0.4, 0.5) is 0 Å². The molecule has 0 aliphatic rings. The van der Waals surface area contributed by atoms with Crippen LogP contribution in [0.2, 0.25) is 0 Å². The third-order valence-corrected chi connectivity index (χ3v) is 2.93. The zero-order valence-electron chi connectivity index (χ0n) is 7.70. The minimum Gasteiger partial charge on any atom is -0.288 e. The molecule has 0 aliphatic heterocycles. The number of benzene rings is 1. The first-order valence-corrected chi connectivity index (χ1v) is 5.14. The summed E-state index contributed by atoms with van der Waals surface area (Å²) < 4.78 is 1.13. The van der Waals surface area contributed by atoms with Crippen molar-refractivity contribution in [1.29, 1.82) is 0 Å². The van der Waals surface area contributed by atoms with E-state index < -0.39 is 0 Å². The van der Waals surface area contributed by atoms with Gasteiger partial charge in [0, 0.05) is 22.5 Å². The predicted octanol–water partition coefficient (Wildman–Crippen LogP) is 1.77. The first-order chi connectivity index (χ1) is 6.83. The standard InChI is InChI=1S/C10H10N2OS/c1-11-12-10(13)8-6-14-9-5-3-2-4-7(8)9/h2-6,11H,1H3,(H,12,13). The van der Waals surface area contributed by atoms with Crippen LogP contribution >= 0.6 is 11.3 Å². The van der Waals surface area contributed by atoms with Gasteiger partial charge in [-0.3, -0.25) is 10.2 Å². The molecule has 14 heavy (non-hydrogen) atoms. The van der Waals surface area contributed by atoms with Crippen molar-refractivity contribution in [1.82, 2.24) is 10.9 Å². The summed E-state index contributed by atoms with van der Waals surface area (Å²) in [4.78, 5) is 11.6. The molecule has 2 N–H and O–H groups in total. The van der Waals surface area contributed by atoms with E-state index in [0.29, 0.717) is 0 Å². The van der Waals surface area contributed by atoms with Crippen LogP contribution in [0.1, 0.15) is 10.4 Å². The van der Waals surface area contributed by atoms with E-state index in [2.05, 4.69) is 10.9 Å². The van der Waals surface area contributed by atoms with Gasteiger partial charge in [-0.25, -0.2) is 5.43 Å². The summed E-state index contributed by atoms with van der Waals surface area (Å²) in [6.07, 6.45) is 0. The van der Waals surface area contributed by atoms with Crippen molar-refractivity contribution in [3.05, 3.63) is 35.2 Å². The number of hydrogen-bond donors (Lipinski definition) is 2. The summed E-state index contributed by atoms with van der Waals surface area (Å²) in [5.74, 6) is -0.0926. The van der Waals surface area contributed by atoms with E-state index in [-0.39, 0.29) is 5.91 Å². The van der Waals surface area contributed by atoms with Crippen LogP contribution in [-0.4, -0.2) is 13.0 Å². The van der Waals surface area contributed by atoms with Gasteiger partial charge in [0.25, 0.3) is 5.91 Å². The molecule has 0 aliphatic carbocycles. The van der Waals surface area contributed by atoms with E-state index in [1.165, 1.54) is 0 Å². The fourth-order valence-corrected chi connectivity index (χ4v) is 2.28. The van der Waals surface area contributed by atoms with Crippen LogP contribution in [0.15, 0.2) is 29.6 Å². The Morgan fingerprint density at radius 2 is 2.14 bits per heavy atom. The molecule has 0 unspecified atom stereocenters. The quantitative estimate of drug-likeness (QED) is 0.735. The molecule has 0 radical (unpaired) electrons. The van der Waals surface area contributed by atoms with Crippen molar-refractivity contribution in [2.45, 2.75) is 0 Å². The number of nitrogens with one attached hydrogen (secondary N) is 2. The Morgan fingerprint density at radius 3 is 2.93 bits per heavy atom. The number of thiophene rings is 1. The van der Waals surface area contributed by atoms with Crippen LogP contribution in [0.25, 0.3) is 10.1 Å². The Balaban J connectivity index is 2.47. The topological polar surface area (TPSA) is 41.1 Å². The van der Waals surface area contributed by atoms with Crippen LogP contribution in [-0.2, 0) is 0 Å². The molecule has 2 aromatic rings. The second kappa shape index (κ2) is 3.77. The monoisotopic (exact) mass is 206 g/mol. The Labute approximate surface area is 85.7 Å². The maximum Gasteiger partial charge on any atom is 0.266 e. The third kappa shape index (κ3) is 1.49. The Kier molecular flexibility index (Phi) is 2.47. The van der Waals surface area contributed by atoms with Crippen molar-refractivity contribution in [3.8, 4) is 0 Å². The molecule has 72 valence electrons. The number of fused-ring (bicyclic) bond motifs is 1. The second-order valence-electron chi connectivity index (χ2n) is 2.85. The number of hydrazine groups is 1. The average Bonchev–Trinajstić information content (AvgIpc) is 2.61. The molecule has 1 aromatic heterocycles. The molecule has 0 saturated carbocycles. The highest BCUT2D eigenvalue weighted by Crippen LogP contribution is 2.25. The van der Waals surface area contributed by atoms with E-state index in [4.69, 9.17) is 0 Å². The predicted molar refractivity (Wildman–Crippen MR) is 58.4 cm³/mol. The van der Waals surface area contributed by atoms with Gasteiger partial charge in [-0.05, 0) is 6.07 Å². The summed E-state index contributed by atoms with van der Waals surface area (Å²) in [5.41, 5.74) is 5.91. The van der Waals surface area contributed by atoms with Crippen LogP contribution in [0.5, 0.6) is 0 Å². The molecule has 4 heteroatoms. The lowest BCUT2D eigenvalue weighted by atomic mass is 10.2. The SMILES string of the molecule is CNNC(=O)c1csc2ccccc12. The number of rotatable bonds is 2. The number of amides is 1. The van der Waals surface area contributed by atoms with Gasteiger partial charge in [0.1, 0.15) is 0 Å². The van der Waals surface area contributed by atoms with E-state index in [1.54, 1.807) is 18.4 Å². The van der Waals surface area contributed by atoms with Crippen molar-refractivity contribution in [2.75, 3.05) is 7.05 Å². The first-order valence-electron chi connectivity index (χ1n) is 4.26. The Bertz CT molecular complexity index is 464. The van der Waals surface area contributed by atoms with Gasteiger partial charge >= 0.3 is 0 Å². The largest absolute Gasteiger partial charge is 0.288 e. The van der Waals surface area contributed by atoms with Gasteiger partial charge in [-0.2, -0.15) is 0 Å². The van der Waals surface area contributed by atoms with Crippen LogP contribution in [0, 0.1) is 0 Å². The molecule has 1 amide bonds. The Hall–Kier alpha value is -1.39. The van der Waals surface area contributed by atoms with Gasteiger partial charge in [-0.15, -0.1) is 11.3 Å². The van der Waals surface area contributed by atoms with Crippen molar-refractivity contribution in [3.63, 3.8) is 0 Å². The molecule has 2 rings (SSSR count). The molecule has 0 bridgehead atoms. The number of hydrogen-bond acceptors (Lipinski definition) is 3. The minimum absolute atomic E-state index is 0.0926. The van der Waals surface area contributed by atoms with Gasteiger partial charge in [-0.1, -0.05) is 18.2 Å². The van der Waals surface area contributed by atoms with E-state index in [9.17, 15) is 4.79 Å². The lowest BCUT2D eigenvalue weighted by molar-refractivity contribution is 0.0940. The maximum atomic E-state index is 11.6. The van der Waals surface area contributed by atoms with Crippen molar-refractivity contribution < 1.29 is 4.79 Å². The fourth-order valence-electron chi connectivity index (χ4n) is 1.33. The lowest BCUT2D eigenvalue weighted by Gasteiger charge is -2.00. The fraction of sp³-hybridized carbons (Fsp3) is 0.100. The van der Waals surface area contributed by atoms with E-state index in [0.717, 1.165) is 15.6 Å². The molecule has 1 aromatic carbocycles. The van der Waals surface area contributed by atoms with Gasteiger partial charge in [0.05, 0.1) is 5.56 Å².